The predicted molar refractivity (Wildman–Crippen MR) is 49.0 cm³/mol. The van der Waals surface area contributed by atoms with Crippen LogP contribution in [0.1, 0.15) is 27.2 Å². The number of amides is 2. The highest BCUT2D eigenvalue weighted by Gasteiger charge is 2.25. The fraction of sp³-hybridized carbons (Fsp3) is 0.889. The van der Waals surface area contributed by atoms with Crippen molar-refractivity contribution in [1.29, 1.82) is 0 Å². The average Bonchev–Trinajstić information content (AvgIpc) is 2.05. The first kappa shape index (κ1) is 9.36. The van der Waals surface area contributed by atoms with Gasteiger partial charge in [-0.15, -0.1) is 0 Å². The summed E-state index contributed by atoms with van der Waals surface area (Å²) in [6, 6.07) is 0.411. The van der Waals surface area contributed by atoms with Crippen LogP contribution < -0.4 is 5.32 Å². The number of hydrogen-bond donors (Lipinski definition) is 1. The lowest BCUT2D eigenvalue weighted by Gasteiger charge is -2.35. The smallest absolute Gasteiger partial charge is 0.317 e. The van der Waals surface area contributed by atoms with Crippen LogP contribution in [0.4, 0.5) is 4.79 Å². The van der Waals surface area contributed by atoms with Gasteiger partial charge in [0.1, 0.15) is 0 Å². The molecule has 0 aliphatic carbocycles. The molecular formula is C9H18N2O. The summed E-state index contributed by atoms with van der Waals surface area (Å²) in [4.78, 5) is 13.2. The van der Waals surface area contributed by atoms with Crippen LogP contribution in [-0.4, -0.2) is 30.1 Å². The molecule has 0 spiro atoms. The lowest BCUT2D eigenvalue weighted by atomic mass is 10.0. The molecule has 0 saturated carbocycles. The summed E-state index contributed by atoms with van der Waals surface area (Å²) >= 11 is 0. The van der Waals surface area contributed by atoms with Crippen LogP contribution >= 0.6 is 0 Å². The number of urea groups is 1. The highest BCUT2D eigenvalue weighted by atomic mass is 16.2. The van der Waals surface area contributed by atoms with E-state index in [4.69, 9.17) is 0 Å². The van der Waals surface area contributed by atoms with Gasteiger partial charge in [0.15, 0.2) is 0 Å². The molecule has 1 rings (SSSR count). The molecule has 0 aromatic heterocycles. The number of carbonyl (C=O) groups is 1. The van der Waals surface area contributed by atoms with Crippen molar-refractivity contribution >= 4 is 6.03 Å². The van der Waals surface area contributed by atoms with Gasteiger partial charge in [0.2, 0.25) is 0 Å². The summed E-state index contributed by atoms with van der Waals surface area (Å²) in [7, 11) is 0. The van der Waals surface area contributed by atoms with Crippen molar-refractivity contribution in [3.8, 4) is 0 Å². The Hall–Kier alpha value is -0.730. The maximum absolute atomic E-state index is 11.3. The quantitative estimate of drug-likeness (QED) is 0.668. The second-order valence-corrected chi connectivity index (χ2v) is 3.71. The molecule has 3 heteroatoms. The Balaban J connectivity index is 2.53. The molecule has 1 heterocycles. The summed E-state index contributed by atoms with van der Waals surface area (Å²) in [6.45, 7) is 8.04. The molecule has 1 N–H and O–H groups in total. The summed E-state index contributed by atoms with van der Waals surface area (Å²) < 4.78 is 0. The van der Waals surface area contributed by atoms with E-state index in [1.807, 2.05) is 4.90 Å². The second-order valence-electron chi connectivity index (χ2n) is 3.71. The Morgan fingerprint density at radius 2 is 2.33 bits per heavy atom. The van der Waals surface area contributed by atoms with Crippen LogP contribution in [0.15, 0.2) is 0 Å². The van der Waals surface area contributed by atoms with Gasteiger partial charge >= 0.3 is 6.03 Å². The SMILES string of the molecule is CCC1CNC(=O)N(C(C)C)C1. The first-order valence-electron chi connectivity index (χ1n) is 4.69. The van der Waals surface area contributed by atoms with E-state index in [1.165, 1.54) is 0 Å². The van der Waals surface area contributed by atoms with Gasteiger partial charge in [0, 0.05) is 19.1 Å². The molecule has 70 valence electrons. The van der Waals surface area contributed by atoms with Gasteiger partial charge in [0.25, 0.3) is 0 Å². The first-order valence-corrected chi connectivity index (χ1v) is 4.69. The van der Waals surface area contributed by atoms with Crippen molar-refractivity contribution < 1.29 is 4.79 Å². The number of nitrogens with one attached hydrogen (secondary N) is 1. The van der Waals surface area contributed by atoms with E-state index in [2.05, 4.69) is 26.1 Å². The van der Waals surface area contributed by atoms with Crippen LogP contribution in [-0.2, 0) is 0 Å². The minimum Gasteiger partial charge on any atom is -0.338 e. The van der Waals surface area contributed by atoms with E-state index in [-0.39, 0.29) is 6.03 Å². The zero-order valence-electron chi connectivity index (χ0n) is 8.13. The molecule has 1 saturated heterocycles. The highest BCUT2D eigenvalue weighted by Crippen LogP contribution is 2.12. The zero-order chi connectivity index (χ0) is 9.14. The number of carbonyl (C=O) groups excluding carboxylic acids is 1. The zero-order valence-corrected chi connectivity index (χ0v) is 8.13. The molecule has 1 unspecified atom stereocenters. The molecular weight excluding hydrogens is 152 g/mol. The molecule has 0 bridgehead atoms. The van der Waals surface area contributed by atoms with E-state index in [9.17, 15) is 4.79 Å². The molecule has 1 aliphatic heterocycles. The van der Waals surface area contributed by atoms with Gasteiger partial charge < -0.3 is 10.2 Å². The highest BCUT2D eigenvalue weighted by molar-refractivity contribution is 5.75. The van der Waals surface area contributed by atoms with E-state index in [0.717, 1.165) is 19.5 Å². The Kier molecular flexibility index (Phi) is 2.95. The van der Waals surface area contributed by atoms with Gasteiger partial charge in [-0.3, -0.25) is 0 Å². The predicted octanol–water partition coefficient (Wildman–Crippen LogP) is 1.45. The van der Waals surface area contributed by atoms with Crippen LogP contribution in [0.3, 0.4) is 0 Å². The molecule has 1 fully saturated rings. The molecule has 0 aromatic carbocycles. The van der Waals surface area contributed by atoms with Crippen LogP contribution in [0.2, 0.25) is 0 Å². The van der Waals surface area contributed by atoms with Gasteiger partial charge in [-0.25, -0.2) is 4.79 Å². The van der Waals surface area contributed by atoms with Gasteiger partial charge in [-0.05, 0) is 26.2 Å². The minimum atomic E-state index is 0.0923. The maximum atomic E-state index is 11.3. The van der Waals surface area contributed by atoms with E-state index >= 15 is 0 Å². The van der Waals surface area contributed by atoms with Crippen molar-refractivity contribution in [2.45, 2.75) is 33.2 Å². The molecule has 2 amide bonds. The summed E-state index contributed by atoms with van der Waals surface area (Å²) in [6.07, 6.45) is 1.14. The normalized spacial score (nSPS) is 24.5. The monoisotopic (exact) mass is 170 g/mol. The van der Waals surface area contributed by atoms with Crippen molar-refractivity contribution in [3.63, 3.8) is 0 Å². The Morgan fingerprint density at radius 3 is 2.83 bits per heavy atom. The lowest BCUT2D eigenvalue weighted by Crippen LogP contribution is -2.53. The lowest BCUT2D eigenvalue weighted by molar-refractivity contribution is 0.149. The number of hydrogen-bond acceptors (Lipinski definition) is 1. The van der Waals surface area contributed by atoms with Crippen molar-refractivity contribution in [2.75, 3.05) is 13.1 Å². The standard InChI is InChI=1S/C9H18N2O/c1-4-8-5-10-9(12)11(6-8)7(2)3/h7-8H,4-6H2,1-3H3,(H,10,12). The third-order valence-corrected chi connectivity index (χ3v) is 2.46. The van der Waals surface area contributed by atoms with Crippen molar-refractivity contribution in [3.05, 3.63) is 0 Å². The molecule has 3 nitrogen and oxygen atoms in total. The number of rotatable bonds is 2. The van der Waals surface area contributed by atoms with E-state index in [1.54, 1.807) is 0 Å². The molecule has 0 radical (unpaired) electrons. The molecule has 1 aliphatic rings. The minimum absolute atomic E-state index is 0.0923. The molecule has 0 aromatic rings. The van der Waals surface area contributed by atoms with E-state index < -0.39 is 0 Å². The Labute approximate surface area is 74.1 Å². The van der Waals surface area contributed by atoms with Crippen LogP contribution in [0, 0.1) is 5.92 Å². The van der Waals surface area contributed by atoms with Crippen LogP contribution in [0.25, 0.3) is 0 Å². The summed E-state index contributed by atoms with van der Waals surface area (Å²) in [5.41, 5.74) is 0. The van der Waals surface area contributed by atoms with Gasteiger partial charge in [0.05, 0.1) is 0 Å². The first-order chi connectivity index (χ1) is 5.65. The molecule has 1 atom stereocenters. The summed E-state index contributed by atoms with van der Waals surface area (Å²) in [5.74, 6) is 0.630. The topological polar surface area (TPSA) is 32.3 Å². The second kappa shape index (κ2) is 3.78. The number of nitrogens with zero attached hydrogens (tertiary/aromatic N) is 1. The van der Waals surface area contributed by atoms with Gasteiger partial charge in [-0.2, -0.15) is 0 Å². The van der Waals surface area contributed by atoms with Gasteiger partial charge in [-0.1, -0.05) is 6.92 Å². The van der Waals surface area contributed by atoms with Crippen molar-refractivity contribution in [2.24, 2.45) is 5.92 Å². The Bertz CT molecular complexity index is 168. The fourth-order valence-electron chi connectivity index (χ4n) is 1.48. The third-order valence-electron chi connectivity index (χ3n) is 2.46. The van der Waals surface area contributed by atoms with Crippen molar-refractivity contribution in [1.82, 2.24) is 10.2 Å². The Morgan fingerprint density at radius 1 is 1.67 bits per heavy atom. The fourth-order valence-corrected chi connectivity index (χ4v) is 1.48. The largest absolute Gasteiger partial charge is 0.338 e. The summed E-state index contributed by atoms with van der Waals surface area (Å²) in [5, 5.41) is 2.90. The van der Waals surface area contributed by atoms with Crippen LogP contribution in [0.5, 0.6) is 0 Å². The third kappa shape index (κ3) is 1.90. The maximum Gasteiger partial charge on any atom is 0.317 e. The van der Waals surface area contributed by atoms with E-state index in [0.29, 0.717) is 12.0 Å². The average molecular weight is 170 g/mol. The molecule has 12 heavy (non-hydrogen) atoms.